The first-order chi connectivity index (χ1) is 16.5. The summed E-state index contributed by atoms with van der Waals surface area (Å²) in [5.41, 5.74) is -3.78. The van der Waals surface area contributed by atoms with Crippen molar-refractivity contribution in [2.75, 3.05) is 5.32 Å². The molecule has 194 valence electrons. The summed E-state index contributed by atoms with van der Waals surface area (Å²) in [4.78, 5) is 25.6. The fourth-order valence-corrected chi connectivity index (χ4v) is 3.34. The lowest BCUT2D eigenvalue weighted by Gasteiger charge is -2.20. The van der Waals surface area contributed by atoms with E-state index in [9.17, 15) is 32.3 Å². The van der Waals surface area contributed by atoms with Crippen molar-refractivity contribution >= 4 is 11.6 Å². The van der Waals surface area contributed by atoms with Gasteiger partial charge in [-0.05, 0) is 45.4 Å². The summed E-state index contributed by atoms with van der Waals surface area (Å²) in [7, 11) is 1.26. The lowest BCUT2D eigenvalue weighted by molar-refractivity contribution is -0.189. The molecule has 1 atom stereocenters. The maximum Gasteiger partial charge on any atom is 0.425 e. The van der Waals surface area contributed by atoms with E-state index < -0.39 is 58.1 Å². The van der Waals surface area contributed by atoms with Crippen molar-refractivity contribution in [3.05, 3.63) is 69.4 Å². The summed E-state index contributed by atoms with van der Waals surface area (Å²) in [6.07, 6.45) is -7.27. The number of para-hydroxylation sites is 1. The molecule has 0 spiro atoms. The highest BCUT2D eigenvalue weighted by molar-refractivity contribution is 6.06. The van der Waals surface area contributed by atoms with Crippen LogP contribution in [0.25, 0.3) is 5.69 Å². The zero-order valence-electron chi connectivity index (χ0n) is 19.9. The van der Waals surface area contributed by atoms with Crippen molar-refractivity contribution in [2.24, 2.45) is 7.05 Å². The Morgan fingerprint density at radius 1 is 1.17 bits per heavy atom. The summed E-state index contributed by atoms with van der Waals surface area (Å²) in [5.74, 6) is -4.06. The maximum atomic E-state index is 15.2. The number of hydrogen-bond donors (Lipinski definition) is 2. The van der Waals surface area contributed by atoms with Gasteiger partial charge in [0.1, 0.15) is 28.7 Å². The SMILES string of the molecule is Cc1cccc(F)c1NC(=O)c1cc(F)c(-n2nc(C(C)(C)O)n(C)c2=O)cc1OC(C)C(F)(F)F. The van der Waals surface area contributed by atoms with Gasteiger partial charge in [-0.15, -0.1) is 5.10 Å². The van der Waals surface area contributed by atoms with Crippen molar-refractivity contribution in [1.29, 1.82) is 0 Å². The Kier molecular flexibility index (Phi) is 6.99. The number of hydrogen-bond acceptors (Lipinski definition) is 5. The number of benzene rings is 2. The van der Waals surface area contributed by atoms with E-state index in [0.717, 1.165) is 10.6 Å². The third kappa shape index (κ3) is 5.25. The number of carbonyl (C=O) groups is 1. The van der Waals surface area contributed by atoms with Crippen LogP contribution in [0.15, 0.2) is 35.1 Å². The van der Waals surface area contributed by atoms with Gasteiger partial charge >= 0.3 is 11.9 Å². The van der Waals surface area contributed by atoms with E-state index >= 15 is 4.39 Å². The van der Waals surface area contributed by atoms with Gasteiger partial charge in [0.2, 0.25) is 0 Å². The minimum absolute atomic E-state index is 0.158. The van der Waals surface area contributed by atoms with Crippen LogP contribution < -0.4 is 15.7 Å². The lowest BCUT2D eigenvalue weighted by Crippen LogP contribution is -2.32. The molecular weight excluding hydrogens is 491 g/mol. The van der Waals surface area contributed by atoms with Crippen molar-refractivity contribution in [3.8, 4) is 11.4 Å². The molecule has 0 bridgehead atoms. The largest absolute Gasteiger partial charge is 0.480 e. The topological polar surface area (TPSA) is 98.4 Å². The third-order valence-corrected chi connectivity index (χ3v) is 5.27. The Balaban J connectivity index is 2.18. The Hall–Kier alpha value is -3.74. The highest BCUT2D eigenvalue weighted by atomic mass is 19.4. The second-order valence-corrected chi connectivity index (χ2v) is 8.62. The molecule has 1 unspecified atom stereocenters. The maximum absolute atomic E-state index is 15.2. The third-order valence-electron chi connectivity index (χ3n) is 5.27. The summed E-state index contributed by atoms with van der Waals surface area (Å²) in [6, 6.07) is 5.21. The molecule has 0 aliphatic rings. The van der Waals surface area contributed by atoms with Crippen molar-refractivity contribution in [3.63, 3.8) is 0 Å². The van der Waals surface area contributed by atoms with Crippen LogP contribution in [0.3, 0.4) is 0 Å². The molecule has 0 radical (unpaired) electrons. The predicted octanol–water partition coefficient (Wildman–Crippen LogP) is 3.97. The van der Waals surface area contributed by atoms with Crippen LogP contribution in [0.1, 0.15) is 42.5 Å². The van der Waals surface area contributed by atoms with Crippen molar-refractivity contribution in [1.82, 2.24) is 14.3 Å². The monoisotopic (exact) mass is 514 g/mol. The molecule has 1 aromatic heterocycles. The molecule has 1 amide bonds. The average molecular weight is 514 g/mol. The van der Waals surface area contributed by atoms with Gasteiger partial charge in [0, 0.05) is 13.1 Å². The highest BCUT2D eigenvalue weighted by Gasteiger charge is 2.39. The Bertz CT molecular complexity index is 1350. The Morgan fingerprint density at radius 3 is 2.33 bits per heavy atom. The second kappa shape index (κ2) is 9.37. The van der Waals surface area contributed by atoms with Crippen LogP contribution in [-0.4, -0.2) is 37.6 Å². The van der Waals surface area contributed by atoms with Crippen LogP contribution in [-0.2, 0) is 12.6 Å². The number of halogens is 5. The van der Waals surface area contributed by atoms with E-state index in [1.807, 2.05) is 0 Å². The van der Waals surface area contributed by atoms with Crippen LogP contribution in [0.2, 0.25) is 0 Å². The predicted molar refractivity (Wildman–Crippen MR) is 119 cm³/mol. The number of anilines is 1. The molecule has 8 nitrogen and oxygen atoms in total. The standard InChI is InChI=1S/C23H23F5N4O4/c1-11-7-6-8-14(24)18(11)29-19(33)13-9-15(25)16(10-17(13)36-12(2)23(26,27)28)32-21(34)31(5)20(30-32)22(3,4)35/h6-10,12,35H,1-5H3,(H,29,33). The van der Waals surface area contributed by atoms with Gasteiger partial charge in [0.05, 0.1) is 11.3 Å². The number of aliphatic hydroxyl groups is 1. The second-order valence-electron chi connectivity index (χ2n) is 8.62. The first-order valence-electron chi connectivity index (χ1n) is 10.5. The van der Waals surface area contributed by atoms with Crippen LogP contribution in [0, 0.1) is 18.6 Å². The molecule has 1 heterocycles. The van der Waals surface area contributed by atoms with Gasteiger partial charge in [-0.2, -0.15) is 17.9 Å². The van der Waals surface area contributed by atoms with E-state index in [2.05, 4.69) is 10.4 Å². The average Bonchev–Trinajstić information content (AvgIpc) is 3.05. The first-order valence-corrected chi connectivity index (χ1v) is 10.5. The number of amides is 1. The quantitative estimate of drug-likeness (QED) is 0.486. The van der Waals surface area contributed by atoms with E-state index in [0.29, 0.717) is 29.3 Å². The molecule has 2 aromatic carbocycles. The smallest absolute Gasteiger partial charge is 0.425 e. The van der Waals surface area contributed by atoms with E-state index in [1.165, 1.54) is 40.0 Å². The number of nitrogens with zero attached hydrogens (tertiary/aromatic N) is 3. The molecule has 0 fully saturated rings. The van der Waals surface area contributed by atoms with Gasteiger partial charge in [-0.1, -0.05) is 12.1 Å². The van der Waals surface area contributed by atoms with Gasteiger partial charge < -0.3 is 15.2 Å². The molecule has 13 heteroatoms. The van der Waals surface area contributed by atoms with E-state index in [1.54, 1.807) is 0 Å². The van der Waals surface area contributed by atoms with Crippen LogP contribution in [0.4, 0.5) is 27.6 Å². The van der Waals surface area contributed by atoms with Gasteiger partial charge in [0.15, 0.2) is 11.9 Å². The molecule has 0 aliphatic heterocycles. The van der Waals surface area contributed by atoms with Gasteiger partial charge in [-0.25, -0.2) is 13.6 Å². The lowest BCUT2D eigenvalue weighted by atomic mass is 10.1. The molecule has 3 aromatic rings. The van der Waals surface area contributed by atoms with Crippen LogP contribution >= 0.6 is 0 Å². The number of aryl methyl sites for hydroxylation is 1. The molecule has 36 heavy (non-hydrogen) atoms. The van der Waals surface area contributed by atoms with E-state index in [4.69, 9.17) is 4.74 Å². The van der Waals surface area contributed by atoms with Gasteiger partial charge in [0.25, 0.3) is 5.91 Å². The Labute approximate surface area is 201 Å². The summed E-state index contributed by atoms with van der Waals surface area (Å²) < 4.78 is 75.4. The molecule has 0 aliphatic carbocycles. The normalized spacial score (nSPS) is 13.0. The number of aromatic nitrogens is 3. The van der Waals surface area contributed by atoms with Gasteiger partial charge in [-0.3, -0.25) is 9.36 Å². The zero-order chi connectivity index (χ0) is 27.2. The number of carbonyl (C=O) groups excluding carboxylic acids is 1. The van der Waals surface area contributed by atoms with Crippen LogP contribution in [0.5, 0.6) is 5.75 Å². The zero-order valence-corrected chi connectivity index (χ0v) is 19.9. The van der Waals surface area contributed by atoms with Crippen molar-refractivity contribution < 1.29 is 36.6 Å². The molecule has 3 rings (SSSR count). The Morgan fingerprint density at radius 2 is 1.81 bits per heavy atom. The molecule has 2 N–H and O–H groups in total. The fraction of sp³-hybridized carbons (Fsp3) is 0.348. The number of alkyl halides is 3. The number of rotatable bonds is 6. The number of nitrogens with one attached hydrogen (secondary N) is 1. The highest BCUT2D eigenvalue weighted by Crippen LogP contribution is 2.32. The minimum Gasteiger partial charge on any atom is -0.480 e. The fourth-order valence-electron chi connectivity index (χ4n) is 3.34. The summed E-state index contributed by atoms with van der Waals surface area (Å²) >= 11 is 0. The van der Waals surface area contributed by atoms with E-state index in [-0.39, 0.29) is 11.5 Å². The summed E-state index contributed by atoms with van der Waals surface area (Å²) in [5, 5.41) is 16.3. The molecule has 0 saturated heterocycles. The molecular formula is C23H23F5N4O4. The molecule has 0 saturated carbocycles. The first kappa shape index (κ1) is 26.9. The van der Waals surface area contributed by atoms with Crippen molar-refractivity contribution in [2.45, 2.75) is 45.6 Å². The minimum atomic E-state index is -4.85. The summed E-state index contributed by atoms with van der Waals surface area (Å²) in [6.45, 7) is 4.81. The number of ether oxygens (including phenoxy) is 1.